The summed E-state index contributed by atoms with van der Waals surface area (Å²) < 4.78 is 21.4. The van der Waals surface area contributed by atoms with E-state index in [4.69, 9.17) is 0 Å². The lowest BCUT2D eigenvalue weighted by Crippen LogP contribution is -2.09. The molecule has 0 fully saturated rings. The van der Waals surface area contributed by atoms with Gasteiger partial charge in [0.2, 0.25) is 0 Å². The van der Waals surface area contributed by atoms with E-state index in [1.165, 1.54) is 41.7 Å². The van der Waals surface area contributed by atoms with Crippen LogP contribution in [0.5, 0.6) is 0 Å². The summed E-state index contributed by atoms with van der Waals surface area (Å²) in [5, 5.41) is 4.98. The molecule has 0 amide bonds. The highest BCUT2D eigenvalue weighted by Gasteiger charge is 2.19. The van der Waals surface area contributed by atoms with Crippen molar-refractivity contribution in [3.8, 4) is 5.69 Å². The van der Waals surface area contributed by atoms with Gasteiger partial charge in [-0.25, -0.2) is 4.39 Å². The van der Waals surface area contributed by atoms with E-state index < -0.39 is 0 Å². The zero-order valence-electron chi connectivity index (χ0n) is 22.9. The van der Waals surface area contributed by atoms with Gasteiger partial charge in [-0.2, -0.15) is 0 Å². The summed E-state index contributed by atoms with van der Waals surface area (Å²) in [5.74, 6) is -0.235. The van der Waals surface area contributed by atoms with Crippen molar-refractivity contribution in [1.29, 1.82) is 0 Å². The second kappa shape index (κ2) is 9.53. The number of aromatic nitrogens is 1. The lowest BCUT2D eigenvalue weighted by atomic mass is 10.1. The topological polar surface area (TPSA) is 8.17 Å². The highest BCUT2D eigenvalue weighted by molar-refractivity contribution is 7.36. The van der Waals surface area contributed by atoms with E-state index >= 15 is 0 Å². The van der Waals surface area contributed by atoms with E-state index in [2.05, 4.69) is 125 Å². The number of halogens is 1. The van der Waals surface area contributed by atoms with Crippen LogP contribution in [-0.4, -0.2) is 4.57 Å². The van der Waals surface area contributed by atoms with Crippen LogP contribution in [-0.2, 0) is 0 Å². The van der Waals surface area contributed by atoms with Gasteiger partial charge in [-0.3, -0.25) is 0 Å². The van der Waals surface area contributed by atoms with Crippen LogP contribution in [0, 0.1) is 5.82 Å². The molecule has 0 N–H and O–H groups in total. The first-order valence-corrected chi connectivity index (χ1v) is 15.8. The molecule has 9 rings (SSSR count). The second-order valence-corrected chi connectivity index (χ2v) is 12.8. The molecule has 0 aliphatic heterocycles. The fraction of sp³-hybridized carbons (Fsp3) is 0. The van der Waals surface area contributed by atoms with Crippen molar-refractivity contribution in [2.24, 2.45) is 0 Å². The van der Waals surface area contributed by atoms with E-state index in [1.54, 1.807) is 0 Å². The second-order valence-electron chi connectivity index (χ2n) is 10.7. The molecule has 2 nitrogen and oxygen atoms in total. The number of para-hydroxylation sites is 2. The van der Waals surface area contributed by atoms with Crippen molar-refractivity contribution in [3.63, 3.8) is 0 Å². The SMILES string of the molecule is Fc1ccc(-n2c3ccccc3c3cc(N(c4ccccc4)c4ccc5c(c4)sc4c6ccccc6sc54)ccc32)cc1. The molecule has 0 aliphatic rings. The van der Waals surface area contributed by atoms with Gasteiger partial charge in [0.25, 0.3) is 0 Å². The minimum absolute atomic E-state index is 0.235. The summed E-state index contributed by atoms with van der Waals surface area (Å²) in [4.78, 5) is 2.34. The van der Waals surface area contributed by atoms with E-state index in [0.717, 1.165) is 44.6 Å². The zero-order valence-corrected chi connectivity index (χ0v) is 24.5. The van der Waals surface area contributed by atoms with Crippen LogP contribution >= 0.6 is 22.7 Å². The molecule has 3 heterocycles. The first-order chi connectivity index (χ1) is 21.2. The Hall–Kier alpha value is -4.97. The summed E-state index contributed by atoms with van der Waals surface area (Å²) in [7, 11) is 0. The van der Waals surface area contributed by atoms with Crippen molar-refractivity contribution in [2.75, 3.05) is 4.90 Å². The number of hydrogen-bond acceptors (Lipinski definition) is 3. The first-order valence-electron chi connectivity index (χ1n) is 14.2. The quantitative estimate of drug-likeness (QED) is 0.198. The molecular formula is C38H23FN2S2. The Morgan fingerprint density at radius 3 is 1.93 bits per heavy atom. The molecule has 5 heteroatoms. The molecular weight excluding hydrogens is 568 g/mol. The molecule has 0 unspecified atom stereocenters. The van der Waals surface area contributed by atoms with Gasteiger partial charge in [0, 0.05) is 53.7 Å². The Bertz CT molecular complexity index is 2470. The number of anilines is 3. The number of nitrogens with zero attached hydrogens (tertiary/aromatic N) is 2. The Balaban J connectivity index is 1.26. The molecule has 0 radical (unpaired) electrons. The lowest BCUT2D eigenvalue weighted by molar-refractivity contribution is 0.627. The smallest absolute Gasteiger partial charge is 0.123 e. The maximum atomic E-state index is 13.8. The van der Waals surface area contributed by atoms with Crippen molar-refractivity contribution in [1.82, 2.24) is 4.57 Å². The van der Waals surface area contributed by atoms with Crippen molar-refractivity contribution < 1.29 is 4.39 Å². The van der Waals surface area contributed by atoms with Crippen LogP contribution in [0.25, 0.3) is 57.1 Å². The average Bonchev–Trinajstić information content (AvgIpc) is 3.70. The van der Waals surface area contributed by atoms with E-state index in [0.29, 0.717) is 0 Å². The zero-order chi connectivity index (χ0) is 28.5. The van der Waals surface area contributed by atoms with Gasteiger partial charge >= 0.3 is 0 Å². The largest absolute Gasteiger partial charge is 0.310 e. The third kappa shape index (κ3) is 3.82. The molecule has 0 saturated carbocycles. The highest BCUT2D eigenvalue weighted by atomic mass is 32.1. The fourth-order valence-corrected chi connectivity index (χ4v) is 9.01. The number of benzene rings is 6. The molecule has 3 aromatic heterocycles. The molecule has 0 aliphatic carbocycles. The Morgan fingerprint density at radius 1 is 0.465 bits per heavy atom. The van der Waals surface area contributed by atoms with Gasteiger partial charge in [-0.15, -0.1) is 22.7 Å². The summed E-state index contributed by atoms with van der Waals surface area (Å²) in [5.41, 5.74) is 6.44. The normalized spacial score (nSPS) is 11.8. The van der Waals surface area contributed by atoms with Crippen molar-refractivity contribution >= 4 is 91.1 Å². The number of rotatable bonds is 4. The maximum absolute atomic E-state index is 13.8. The molecule has 9 aromatic rings. The van der Waals surface area contributed by atoms with Gasteiger partial charge in [-0.1, -0.05) is 60.7 Å². The van der Waals surface area contributed by atoms with Crippen LogP contribution in [0.2, 0.25) is 0 Å². The average molecular weight is 591 g/mol. The molecule has 0 saturated heterocycles. The molecule has 204 valence electrons. The number of thiophene rings is 2. The first kappa shape index (κ1) is 24.6. The summed E-state index contributed by atoms with van der Waals surface area (Å²) in [6.07, 6.45) is 0. The third-order valence-corrected chi connectivity index (χ3v) is 10.8. The van der Waals surface area contributed by atoms with Crippen LogP contribution in [0.4, 0.5) is 21.5 Å². The van der Waals surface area contributed by atoms with Crippen LogP contribution in [0.3, 0.4) is 0 Å². The molecule has 0 atom stereocenters. The van der Waals surface area contributed by atoms with Gasteiger partial charge in [0.05, 0.1) is 20.4 Å². The standard InChI is InChI=1S/C38H23FN2S2/c39-24-14-16-26(17-15-24)41-33-12-6-4-10-29(33)32-22-27(19-21-34(32)41)40(25-8-2-1-3-9-25)28-18-20-31-36(23-28)43-37-30-11-5-7-13-35(30)42-38(31)37/h1-23H. The van der Waals surface area contributed by atoms with E-state index in [-0.39, 0.29) is 5.82 Å². The minimum Gasteiger partial charge on any atom is -0.310 e. The summed E-state index contributed by atoms with van der Waals surface area (Å²) in [6.45, 7) is 0. The van der Waals surface area contributed by atoms with E-state index in [9.17, 15) is 4.39 Å². The van der Waals surface area contributed by atoms with Gasteiger partial charge in [-0.05, 0) is 78.9 Å². The van der Waals surface area contributed by atoms with Crippen molar-refractivity contribution in [3.05, 3.63) is 145 Å². The molecule has 6 aromatic carbocycles. The predicted molar refractivity (Wildman–Crippen MR) is 184 cm³/mol. The maximum Gasteiger partial charge on any atom is 0.123 e. The predicted octanol–water partition coefficient (Wildman–Crippen LogP) is 12.0. The van der Waals surface area contributed by atoms with Crippen molar-refractivity contribution in [2.45, 2.75) is 0 Å². The fourth-order valence-electron chi connectivity index (χ4n) is 6.33. The molecule has 43 heavy (non-hydrogen) atoms. The Morgan fingerprint density at radius 2 is 1.09 bits per heavy atom. The number of fused-ring (bicyclic) bond motifs is 8. The van der Waals surface area contributed by atoms with Crippen LogP contribution in [0.15, 0.2) is 140 Å². The Kier molecular flexibility index (Phi) is 5.45. The minimum atomic E-state index is -0.235. The third-order valence-electron chi connectivity index (χ3n) is 8.24. The highest BCUT2D eigenvalue weighted by Crippen LogP contribution is 2.46. The summed E-state index contributed by atoms with van der Waals surface area (Å²) >= 11 is 3.76. The van der Waals surface area contributed by atoms with E-state index in [1.807, 2.05) is 34.8 Å². The summed E-state index contributed by atoms with van der Waals surface area (Å²) in [6, 6.07) is 48.0. The monoisotopic (exact) mass is 590 g/mol. The number of hydrogen-bond donors (Lipinski definition) is 0. The lowest BCUT2D eigenvalue weighted by Gasteiger charge is -2.25. The Labute approximate surface area is 255 Å². The van der Waals surface area contributed by atoms with Crippen LogP contribution < -0.4 is 4.90 Å². The van der Waals surface area contributed by atoms with Gasteiger partial charge in [0.1, 0.15) is 5.82 Å². The van der Waals surface area contributed by atoms with Crippen LogP contribution in [0.1, 0.15) is 0 Å². The molecule has 0 bridgehead atoms. The molecule has 0 spiro atoms. The van der Waals surface area contributed by atoms with Gasteiger partial charge in [0.15, 0.2) is 0 Å². The van der Waals surface area contributed by atoms with Gasteiger partial charge < -0.3 is 9.47 Å².